The number of imide groups is 2. The molecule has 252 valence electrons. The second-order valence-corrected chi connectivity index (χ2v) is 9.84. The first-order valence-corrected chi connectivity index (χ1v) is 14.3. The summed E-state index contributed by atoms with van der Waals surface area (Å²) >= 11 is 0. The maximum absolute atomic E-state index is 12.0. The fourth-order valence-electron chi connectivity index (χ4n) is 3.92. The minimum absolute atomic E-state index is 0. The van der Waals surface area contributed by atoms with Gasteiger partial charge in [-0.15, -0.1) is 0 Å². The number of rotatable bonds is 12. The molecule has 2 aromatic heterocycles. The third-order valence-electron chi connectivity index (χ3n) is 6.36. The van der Waals surface area contributed by atoms with E-state index in [2.05, 4.69) is 38.2 Å². The van der Waals surface area contributed by atoms with E-state index in [0.717, 1.165) is 12.8 Å². The Morgan fingerprint density at radius 1 is 0.783 bits per heavy atom. The first kappa shape index (κ1) is 39.1. The molecule has 0 aromatic carbocycles. The third-order valence-corrected chi connectivity index (χ3v) is 6.36. The van der Waals surface area contributed by atoms with E-state index in [1.165, 1.54) is 18.5 Å². The summed E-state index contributed by atoms with van der Waals surface area (Å²) in [6.07, 6.45) is 6.38. The van der Waals surface area contributed by atoms with Gasteiger partial charge in [-0.25, -0.2) is 9.97 Å². The van der Waals surface area contributed by atoms with Gasteiger partial charge in [0.25, 0.3) is 11.8 Å². The Morgan fingerprint density at radius 2 is 1.22 bits per heavy atom. The molecule has 2 saturated heterocycles. The van der Waals surface area contributed by atoms with Crippen molar-refractivity contribution in [1.29, 1.82) is 0 Å². The summed E-state index contributed by atoms with van der Waals surface area (Å²) in [6.45, 7) is 3.09. The number of carbonyl (C=O) groups is 6. The second kappa shape index (κ2) is 20.2. The van der Waals surface area contributed by atoms with Crippen molar-refractivity contribution in [3.05, 3.63) is 48.0 Å². The molecule has 6 amide bonds. The summed E-state index contributed by atoms with van der Waals surface area (Å²) in [4.78, 5) is 77.3. The highest BCUT2D eigenvalue weighted by atomic mass is 16.5. The fourth-order valence-corrected chi connectivity index (χ4v) is 3.92. The van der Waals surface area contributed by atoms with Crippen LogP contribution in [0.25, 0.3) is 0 Å². The van der Waals surface area contributed by atoms with Crippen molar-refractivity contribution < 1.29 is 43.3 Å². The lowest BCUT2D eigenvalue weighted by molar-refractivity contribution is -0.136. The summed E-state index contributed by atoms with van der Waals surface area (Å²) < 4.78 is 10.8. The van der Waals surface area contributed by atoms with Gasteiger partial charge in [0, 0.05) is 25.9 Å². The number of pyridine rings is 2. The predicted octanol–water partition coefficient (Wildman–Crippen LogP) is 1.45. The van der Waals surface area contributed by atoms with Crippen LogP contribution < -0.4 is 30.7 Å². The van der Waals surface area contributed by atoms with Crippen molar-refractivity contribution in [2.24, 2.45) is 0 Å². The molecule has 2 aliphatic rings. The summed E-state index contributed by atoms with van der Waals surface area (Å²) in [5, 5.41) is 18.1. The quantitative estimate of drug-likeness (QED) is 0.165. The Kier molecular flexibility index (Phi) is 17.2. The number of hydrogen-bond donors (Lipinski definition) is 5. The van der Waals surface area contributed by atoms with Gasteiger partial charge in [-0.2, -0.15) is 0 Å². The minimum atomic E-state index is -0.729. The number of unbranched alkanes of at least 4 members (excludes halogenated alkanes) is 1. The van der Waals surface area contributed by atoms with Gasteiger partial charge in [0.05, 0.1) is 25.6 Å². The van der Waals surface area contributed by atoms with Gasteiger partial charge < -0.3 is 25.2 Å². The number of hydrogen-bond acceptors (Lipinski definition) is 11. The average Bonchev–Trinajstić information content (AvgIpc) is 3.01. The molecule has 15 heteroatoms. The molecule has 0 bridgehead atoms. The lowest BCUT2D eigenvalue weighted by Gasteiger charge is -2.21. The van der Waals surface area contributed by atoms with Crippen molar-refractivity contribution in [2.75, 3.05) is 19.8 Å². The largest absolute Gasteiger partial charge is 0.492 e. The van der Waals surface area contributed by atoms with Crippen LogP contribution in [0.2, 0.25) is 0 Å². The van der Waals surface area contributed by atoms with Crippen LogP contribution in [-0.4, -0.2) is 82.4 Å². The van der Waals surface area contributed by atoms with Crippen LogP contribution >= 0.6 is 0 Å². The van der Waals surface area contributed by atoms with Crippen LogP contribution in [-0.2, 0) is 19.2 Å². The molecule has 4 heterocycles. The third kappa shape index (κ3) is 12.6. The lowest BCUT2D eigenvalue weighted by Crippen LogP contribution is -2.52. The van der Waals surface area contributed by atoms with E-state index in [-0.39, 0.29) is 63.9 Å². The molecule has 2 atom stereocenters. The molecule has 4 rings (SSSR count). The smallest absolute Gasteiger partial charge is 0.270 e. The van der Waals surface area contributed by atoms with Gasteiger partial charge in [0.2, 0.25) is 23.6 Å². The molecule has 5 N–H and O–H groups in total. The van der Waals surface area contributed by atoms with E-state index in [9.17, 15) is 28.8 Å². The average molecular weight is 645 g/mol. The number of amides is 6. The highest BCUT2D eigenvalue weighted by molar-refractivity contribution is 6.04. The molecular formula is C31H44N6O9. The number of nitrogens with one attached hydrogen (secondary N) is 4. The molecule has 0 radical (unpaired) electrons. The van der Waals surface area contributed by atoms with E-state index < -0.39 is 35.7 Å². The number of carbonyl (C=O) groups excluding carboxylic acids is 6. The predicted molar refractivity (Wildman–Crippen MR) is 167 cm³/mol. The van der Waals surface area contributed by atoms with E-state index >= 15 is 0 Å². The topological polar surface area (TPSA) is 215 Å². The summed E-state index contributed by atoms with van der Waals surface area (Å²) in [5.41, 5.74) is 0.353. The molecule has 15 nitrogen and oxygen atoms in total. The molecular weight excluding hydrogens is 600 g/mol. The zero-order chi connectivity index (χ0) is 31.9. The lowest BCUT2D eigenvalue weighted by atomic mass is 10.1. The van der Waals surface area contributed by atoms with Crippen molar-refractivity contribution in [3.63, 3.8) is 0 Å². The number of aromatic nitrogens is 2. The van der Waals surface area contributed by atoms with Crippen LogP contribution in [0.5, 0.6) is 11.5 Å². The molecule has 2 aliphatic heterocycles. The van der Waals surface area contributed by atoms with Crippen LogP contribution in [0, 0.1) is 0 Å². The Bertz CT molecular complexity index is 1220. The van der Waals surface area contributed by atoms with Crippen molar-refractivity contribution in [3.8, 4) is 11.5 Å². The maximum atomic E-state index is 12.0. The first-order valence-electron chi connectivity index (χ1n) is 14.3. The number of nitrogens with zero attached hydrogens (tertiary/aromatic N) is 2. The molecule has 0 aliphatic carbocycles. The molecule has 2 unspecified atom stereocenters. The maximum Gasteiger partial charge on any atom is 0.270 e. The number of ether oxygens (including phenoxy) is 2. The Hall–Kier alpha value is -4.92. The fraction of sp³-hybridized carbons (Fsp3) is 0.484. The van der Waals surface area contributed by atoms with E-state index in [1.54, 1.807) is 18.2 Å². The Balaban J connectivity index is 0.000000441. The summed E-state index contributed by atoms with van der Waals surface area (Å²) in [6, 6.07) is 4.85. The molecule has 46 heavy (non-hydrogen) atoms. The standard InChI is InChI=1S/C15H19N3O4.C14H17N3O5.2CH4/c1-2-3-8-22-10-4-5-11(16-9-10)14(20)17-12-6-7-13(19)18-15(12)21;18-6-1-7-22-9-2-3-10(15-8-9)13(20)16-11-4-5-12(19)17-14(11)21;;/h4-5,9,12H,2-3,6-8H2,1H3,(H,17,20)(H,18,19,21);2-3,8,11,18H,1,4-7H2,(H,16,20)(H,17,19,21);2*1H4. The van der Waals surface area contributed by atoms with E-state index in [0.29, 0.717) is 37.6 Å². The van der Waals surface area contributed by atoms with Crippen molar-refractivity contribution in [2.45, 2.75) is 78.8 Å². The SMILES string of the molecule is C.C.CCCCOc1ccc(C(=O)NC2CCC(=O)NC2=O)nc1.O=C1CCC(NC(=O)c2ccc(OCCCO)cn2)C(=O)N1. The van der Waals surface area contributed by atoms with E-state index in [1.807, 2.05) is 0 Å². The first-order chi connectivity index (χ1) is 21.2. The van der Waals surface area contributed by atoms with Crippen molar-refractivity contribution >= 4 is 35.4 Å². The zero-order valence-corrected chi connectivity index (χ0v) is 24.3. The highest BCUT2D eigenvalue weighted by Crippen LogP contribution is 2.12. The van der Waals surface area contributed by atoms with Gasteiger partial charge in [0.15, 0.2) is 0 Å². The number of aliphatic hydroxyl groups excluding tert-OH is 1. The monoisotopic (exact) mass is 644 g/mol. The van der Waals surface area contributed by atoms with Crippen LogP contribution in [0.3, 0.4) is 0 Å². The van der Waals surface area contributed by atoms with Gasteiger partial charge >= 0.3 is 0 Å². The Morgan fingerprint density at radius 3 is 1.57 bits per heavy atom. The molecule has 2 fully saturated rings. The minimum Gasteiger partial charge on any atom is -0.492 e. The van der Waals surface area contributed by atoms with Crippen LogP contribution in [0.15, 0.2) is 36.7 Å². The van der Waals surface area contributed by atoms with Crippen molar-refractivity contribution in [1.82, 2.24) is 31.2 Å². The number of piperidine rings is 2. The van der Waals surface area contributed by atoms with Crippen LogP contribution in [0.4, 0.5) is 0 Å². The van der Waals surface area contributed by atoms with Gasteiger partial charge in [-0.05, 0) is 43.5 Å². The van der Waals surface area contributed by atoms with Gasteiger partial charge in [-0.1, -0.05) is 28.2 Å². The van der Waals surface area contributed by atoms with Gasteiger partial charge in [0.1, 0.15) is 35.0 Å². The summed E-state index contributed by atoms with van der Waals surface area (Å²) in [7, 11) is 0. The van der Waals surface area contributed by atoms with E-state index in [4.69, 9.17) is 14.6 Å². The Labute approximate surface area is 268 Å². The normalized spacial score (nSPS) is 17.0. The van der Waals surface area contributed by atoms with Gasteiger partial charge in [-0.3, -0.25) is 39.4 Å². The summed E-state index contributed by atoms with van der Waals surface area (Å²) in [5.74, 6) is -1.49. The van der Waals surface area contributed by atoms with Crippen LogP contribution in [0.1, 0.15) is 87.7 Å². The molecule has 0 saturated carbocycles. The zero-order valence-electron chi connectivity index (χ0n) is 24.3. The molecule has 2 aromatic rings. The second-order valence-electron chi connectivity index (χ2n) is 9.84. The highest BCUT2D eigenvalue weighted by Gasteiger charge is 2.29. The molecule has 0 spiro atoms. The number of aliphatic hydroxyl groups is 1.